The molecule has 0 spiro atoms. The van der Waals surface area contributed by atoms with Crippen molar-refractivity contribution in [2.45, 2.75) is 99.5 Å². The van der Waals surface area contributed by atoms with Crippen LogP contribution in [-0.4, -0.2) is 41.7 Å². The Morgan fingerprint density at radius 2 is 1.02 bits per heavy atom. The van der Waals surface area contributed by atoms with E-state index in [0.717, 1.165) is 43.4 Å². The fraction of sp³-hybridized carbons (Fsp3) is 0.667. The number of hydrogen-bond donors (Lipinski definition) is 0. The van der Waals surface area contributed by atoms with Crippen molar-refractivity contribution < 1.29 is 74.6 Å². The Balaban J connectivity index is 2.43. The van der Waals surface area contributed by atoms with Gasteiger partial charge in [0.15, 0.2) is 0 Å². The van der Waals surface area contributed by atoms with E-state index in [9.17, 15) is 74.6 Å². The summed E-state index contributed by atoms with van der Waals surface area (Å²) < 4.78 is 231. The Hall–Kier alpha value is -1.79. The van der Waals surface area contributed by atoms with E-state index in [1.165, 1.54) is 11.4 Å². The van der Waals surface area contributed by atoms with Gasteiger partial charge in [0.1, 0.15) is 0 Å². The summed E-state index contributed by atoms with van der Waals surface area (Å²) in [6.07, 6.45) is -2.26. The molecule has 0 bridgehead atoms. The first-order chi connectivity index (χ1) is 19.3. The van der Waals surface area contributed by atoms with Gasteiger partial charge in [-0.2, -0.15) is 74.6 Å². The van der Waals surface area contributed by atoms with E-state index in [2.05, 4.69) is 0 Å². The maximum absolute atomic E-state index is 14.7. The Bertz CT molecular complexity index is 1210. The lowest BCUT2D eigenvalue weighted by Crippen LogP contribution is -2.74. The van der Waals surface area contributed by atoms with Crippen molar-refractivity contribution in [1.82, 2.24) is 0 Å². The number of alkyl halides is 17. The average molecular weight is 697 g/mol. The van der Waals surface area contributed by atoms with Crippen LogP contribution in [0.1, 0.15) is 56.6 Å². The Morgan fingerprint density at radius 1 is 0.558 bits per heavy atom. The average Bonchev–Trinajstić information content (AvgIpc) is 3.54. The molecular formula is C24H21F17S2. The lowest BCUT2D eigenvalue weighted by Gasteiger charge is -2.42. The summed E-state index contributed by atoms with van der Waals surface area (Å²) in [7, 11) is 0. The minimum absolute atomic E-state index is 0.0657. The van der Waals surface area contributed by atoms with Gasteiger partial charge in [0.2, 0.25) is 0 Å². The Morgan fingerprint density at radius 3 is 1.53 bits per heavy atom. The highest BCUT2D eigenvalue weighted by atomic mass is 32.1. The Kier molecular flexibility index (Phi) is 10.6. The third-order valence-corrected chi connectivity index (χ3v) is 8.52. The fourth-order valence-corrected chi connectivity index (χ4v) is 5.87. The van der Waals surface area contributed by atoms with E-state index in [4.69, 9.17) is 0 Å². The standard InChI is InChI=1S/C24H21F17S2/c1-2-3-4-5-6-7-8-13-9-10-42-16(13)15-11-14(12-43-15)17(25,26)18(27,28)19(29,30)20(31,32)21(33,34)22(35,36)23(37,38)24(39,40)41/h9-12H,2-8H2,1H3. The van der Waals surface area contributed by atoms with Crippen LogP contribution in [0.4, 0.5) is 74.6 Å². The molecule has 2 heterocycles. The van der Waals surface area contributed by atoms with E-state index in [1.54, 1.807) is 0 Å². The normalized spacial score (nSPS) is 14.9. The van der Waals surface area contributed by atoms with Crippen LogP contribution < -0.4 is 0 Å². The van der Waals surface area contributed by atoms with Crippen molar-refractivity contribution in [2.24, 2.45) is 0 Å². The molecule has 2 aromatic rings. The summed E-state index contributed by atoms with van der Waals surface area (Å²) in [5.41, 5.74) is -1.66. The minimum Gasteiger partial charge on any atom is -0.194 e. The monoisotopic (exact) mass is 696 g/mol. The molecule has 0 saturated carbocycles. The first kappa shape index (κ1) is 37.4. The molecule has 0 nitrogen and oxygen atoms in total. The predicted molar refractivity (Wildman–Crippen MR) is 124 cm³/mol. The molecule has 0 aliphatic rings. The first-order valence-corrected chi connectivity index (χ1v) is 13.9. The number of rotatable bonds is 15. The molecule has 43 heavy (non-hydrogen) atoms. The molecule has 0 unspecified atom stereocenters. The number of aryl methyl sites for hydroxylation is 1. The summed E-state index contributed by atoms with van der Waals surface area (Å²) in [5, 5.41) is 1.53. The fourth-order valence-electron chi connectivity index (χ4n) is 3.81. The molecule has 19 heteroatoms. The lowest BCUT2D eigenvalue weighted by molar-refractivity contribution is -0.462. The molecule has 0 fully saturated rings. The van der Waals surface area contributed by atoms with Crippen molar-refractivity contribution in [3.8, 4) is 9.75 Å². The predicted octanol–water partition coefficient (Wildman–Crippen LogP) is 11.8. The molecule has 2 rings (SSSR count). The van der Waals surface area contributed by atoms with Gasteiger partial charge in [0, 0.05) is 20.7 Å². The highest BCUT2D eigenvalue weighted by molar-refractivity contribution is 7.20. The van der Waals surface area contributed by atoms with Crippen LogP contribution in [0.5, 0.6) is 0 Å². The van der Waals surface area contributed by atoms with Gasteiger partial charge in [-0.15, -0.1) is 22.7 Å². The minimum atomic E-state index is -8.63. The summed E-state index contributed by atoms with van der Waals surface area (Å²) in [5.74, 6) is -56.5. The zero-order valence-electron chi connectivity index (χ0n) is 21.5. The van der Waals surface area contributed by atoms with Gasteiger partial charge < -0.3 is 0 Å². The first-order valence-electron chi connectivity index (χ1n) is 12.1. The van der Waals surface area contributed by atoms with Gasteiger partial charge in [-0.1, -0.05) is 39.0 Å². The molecule has 0 N–H and O–H groups in total. The van der Waals surface area contributed by atoms with Gasteiger partial charge in [0.05, 0.1) is 0 Å². The quantitative estimate of drug-likeness (QED) is 0.128. The molecule has 0 saturated heterocycles. The highest BCUT2D eigenvalue weighted by Gasteiger charge is 2.95. The maximum atomic E-state index is 14.7. The molecule has 248 valence electrons. The second-order valence-corrected chi connectivity index (χ2v) is 11.3. The molecular weight excluding hydrogens is 675 g/mol. The zero-order valence-corrected chi connectivity index (χ0v) is 23.1. The van der Waals surface area contributed by atoms with Crippen molar-refractivity contribution >= 4 is 22.7 Å². The summed E-state index contributed by atoms with van der Waals surface area (Å²) in [6, 6.07) is 1.67. The van der Waals surface area contributed by atoms with Crippen LogP contribution >= 0.6 is 22.7 Å². The molecule has 0 aliphatic heterocycles. The lowest BCUT2D eigenvalue weighted by atomic mass is 9.87. The van der Waals surface area contributed by atoms with Crippen molar-refractivity contribution in [3.05, 3.63) is 34.0 Å². The van der Waals surface area contributed by atoms with Crippen LogP contribution in [0.3, 0.4) is 0 Å². The van der Waals surface area contributed by atoms with Crippen LogP contribution in [0.2, 0.25) is 0 Å². The van der Waals surface area contributed by atoms with Crippen LogP contribution in [0, 0.1) is 0 Å². The smallest absolute Gasteiger partial charge is 0.194 e. The van der Waals surface area contributed by atoms with Gasteiger partial charge >= 0.3 is 47.6 Å². The van der Waals surface area contributed by atoms with Crippen molar-refractivity contribution in [2.75, 3.05) is 0 Å². The number of unbranched alkanes of at least 4 members (excludes halogenated alkanes) is 5. The zero-order chi connectivity index (χ0) is 33.5. The van der Waals surface area contributed by atoms with E-state index < -0.39 is 53.2 Å². The van der Waals surface area contributed by atoms with E-state index in [1.807, 2.05) is 6.92 Å². The van der Waals surface area contributed by atoms with Crippen LogP contribution in [-0.2, 0) is 12.3 Å². The van der Waals surface area contributed by atoms with Gasteiger partial charge in [0.25, 0.3) is 0 Å². The van der Waals surface area contributed by atoms with Crippen molar-refractivity contribution in [1.29, 1.82) is 0 Å². The van der Waals surface area contributed by atoms with Crippen molar-refractivity contribution in [3.63, 3.8) is 0 Å². The number of thiophene rings is 2. The maximum Gasteiger partial charge on any atom is 0.460 e. The summed E-state index contributed by atoms with van der Waals surface area (Å²) in [4.78, 5) is -0.0974. The van der Waals surface area contributed by atoms with Crippen LogP contribution in [0.15, 0.2) is 22.9 Å². The third-order valence-electron chi connectivity index (χ3n) is 6.45. The largest absolute Gasteiger partial charge is 0.460 e. The van der Waals surface area contributed by atoms with Gasteiger partial charge in [-0.3, -0.25) is 0 Å². The molecule has 0 atom stereocenters. The summed E-state index contributed by atoms with van der Waals surface area (Å²) in [6.45, 7) is 1.99. The summed E-state index contributed by atoms with van der Waals surface area (Å²) >= 11 is 1.11. The van der Waals surface area contributed by atoms with Crippen LogP contribution in [0.25, 0.3) is 9.75 Å². The number of hydrogen-bond acceptors (Lipinski definition) is 2. The topological polar surface area (TPSA) is 0 Å². The van der Waals surface area contributed by atoms with Gasteiger partial charge in [-0.05, 0) is 35.9 Å². The second-order valence-electron chi connectivity index (χ2n) is 9.51. The SMILES string of the molecule is CCCCCCCCc1ccsc1-c1cc(C(F)(F)C(F)(F)C(F)(F)C(F)(F)C(F)(F)C(F)(F)C(F)(F)C(F)(F)F)cs1. The molecule has 2 aromatic heterocycles. The number of halogens is 17. The molecule has 0 amide bonds. The van der Waals surface area contributed by atoms with Gasteiger partial charge in [-0.25, -0.2) is 0 Å². The highest BCUT2D eigenvalue weighted by Crippen LogP contribution is 2.65. The molecule has 0 radical (unpaired) electrons. The van der Waals surface area contributed by atoms with E-state index in [0.29, 0.717) is 18.4 Å². The third kappa shape index (κ3) is 6.09. The molecule has 0 aliphatic carbocycles. The molecule has 0 aromatic carbocycles. The Labute approximate surface area is 240 Å². The second kappa shape index (κ2) is 12.2. The van der Waals surface area contributed by atoms with E-state index in [-0.39, 0.29) is 32.5 Å². The van der Waals surface area contributed by atoms with E-state index >= 15 is 0 Å².